The highest BCUT2D eigenvalue weighted by molar-refractivity contribution is 6.31. The number of aromatic nitrogens is 1. The third-order valence-electron chi connectivity index (χ3n) is 3.37. The fourth-order valence-corrected chi connectivity index (χ4v) is 2.74. The van der Waals surface area contributed by atoms with E-state index in [1.54, 1.807) is 0 Å². The number of pyridine rings is 1. The van der Waals surface area contributed by atoms with Crippen LogP contribution in [-0.2, 0) is 6.42 Å². The number of nitrogens with zero attached hydrogens (tertiary/aromatic N) is 1. The first-order valence-electron chi connectivity index (χ1n) is 6.04. The zero-order valence-electron chi connectivity index (χ0n) is 10.1. The molecule has 0 bridgehead atoms. The van der Waals surface area contributed by atoms with E-state index in [4.69, 9.17) is 11.6 Å². The summed E-state index contributed by atoms with van der Waals surface area (Å²) >= 11 is 6.00. The quantitative estimate of drug-likeness (QED) is 0.854. The molecule has 0 fully saturated rings. The highest BCUT2D eigenvalue weighted by Gasteiger charge is 2.23. The van der Waals surface area contributed by atoms with E-state index in [0.29, 0.717) is 11.4 Å². The van der Waals surface area contributed by atoms with Gasteiger partial charge in [-0.25, -0.2) is 0 Å². The van der Waals surface area contributed by atoms with Gasteiger partial charge in [0.15, 0.2) is 5.78 Å². The Hall–Kier alpha value is -1.61. The number of nitrogens with one attached hydrogen (secondary N) is 1. The number of hydrogen-bond donors (Lipinski definition) is 1. The third kappa shape index (κ3) is 1.66. The minimum Gasteiger partial charge on any atom is -0.387 e. The molecule has 1 aliphatic carbocycles. The number of rotatable bonds is 1. The summed E-state index contributed by atoms with van der Waals surface area (Å²) in [5, 5.41) is 4.76. The number of benzene rings is 1. The van der Waals surface area contributed by atoms with Gasteiger partial charge in [0.2, 0.25) is 0 Å². The van der Waals surface area contributed by atoms with E-state index < -0.39 is 0 Å². The molecule has 0 saturated heterocycles. The van der Waals surface area contributed by atoms with Gasteiger partial charge in [0.25, 0.3) is 0 Å². The smallest absolute Gasteiger partial charge is 0.166 e. The van der Waals surface area contributed by atoms with Crippen LogP contribution < -0.4 is 5.32 Å². The summed E-state index contributed by atoms with van der Waals surface area (Å²) in [4.78, 5) is 16.7. The summed E-state index contributed by atoms with van der Waals surface area (Å²) < 4.78 is 0. The first-order valence-corrected chi connectivity index (χ1v) is 6.41. The van der Waals surface area contributed by atoms with E-state index in [-0.39, 0.29) is 5.78 Å². The lowest BCUT2D eigenvalue weighted by Gasteiger charge is -2.19. The molecule has 18 heavy (non-hydrogen) atoms. The SMILES string of the molecule is CNc1c2c(nc3cc(Cl)ccc13)CCCC2=O. The molecule has 1 N–H and O–H groups in total. The second kappa shape index (κ2) is 4.25. The van der Waals surface area contributed by atoms with Gasteiger partial charge in [0, 0.05) is 23.9 Å². The summed E-state index contributed by atoms with van der Waals surface area (Å²) in [7, 11) is 1.84. The largest absolute Gasteiger partial charge is 0.387 e. The minimum absolute atomic E-state index is 0.185. The molecule has 92 valence electrons. The summed E-state index contributed by atoms with van der Waals surface area (Å²) in [6, 6.07) is 5.59. The Balaban J connectivity index is 2.40. The van der Waals surface area contributed by atoms with Crippen LogP contribution in [0.25, 0.3) is 10.9 Å². The Morgan fingerprint density at radius 2 is 2.17 bits per heavy atom. The lowest BCUT2D eigenvalue weighted by molar-refractivity contribution is 0.0972. The molecule has 1 aliphatic rings. The molecule has 1 aromatic heterocycles. The Kier molecular flexibility index (Phi) is 2.71. The predicted molar refractivity (Wildman–Crippen MR) is 73.6 cm³/mol. The van der Waals surface area contributed by atoms with Crippen molar-refractivity contribution in [3.63, 3.8) is 0 Å². The van der Waals surface area contributed by atoms with Gasteiger partial charge < -0.3 is 5.32 Å². The molecule has 1 aromatic carbocycles. The fourth-order valence-electron chi connectivity index (χ4n) is 2.57. The molecule has 3 rings (SSSR count). The molecule has 4 heteroatoms. The molecule has 0 saturated carbocycles. The van der Waals surface area contributed by atoms with E-state index in [0.717, 1.165) is 40.7 Å². The molecular weight excluding hydrogens is 248 g/mol. The van der Waals surface area contributed by atoms with E-state index in [1.807, 2.05) is 25.2 Å². The molecule has 0 spiro atoms. The van der Waals surface area contributed by atoms with Gasteiger partial charge >= 0.3 is 0 Å². The van der Waals surface area contributed by atoms with Crippen molar-refractivity contribution < 1.29 is 4.79 Å². The Morgan fingerprint density at radius 1 is 1.33 bits per heavy atom. The van der Waals surface area contributed by atoms with Crippen molar-refractivity contribution in [2.24, 2.45) is 0 Å². The first-order chi connectivity index (χ1) is 8.70. The number of carbonyl (C=O) groups is 1. The van der Waals surface area contributed by atoms with Crippen LogP contribution in [-0.4, -0.2) is 17.8 Å². The van der Waals surface area contributed by atoms with Crippen molar-refractivity contribution in [3.05, 3.63) is 34.5 Å². The van der Waals surface area contributed by atoms with Crippen molar-refractivity contribution >= 4 is 34.0 Å². The highest BCUT2D eigenvalue weighted by atomic mass is 35.5. The standard InChI is InChI=1S/C14H13ClN2O/c1-16-14-9-6-5-8(15)7-11(9)17-10-3-2-4-12(18)13(10)14/h5-7H,2-4H2,1H3,(H,16,17). The molecule has 0 aliphatic heterocycles. The van der Waals surface area contributed by atoms with Gasteiger partial charge in [0.1, 0.15) is 0 Å². The van der Waals surface area contributed by atoms with Crippen LogP contribution >= 0.6 is 11.6 Å². The molecule has 0 atom stereocenters. The average molecular weight is 261 g/mol. The summed E-state index contributed by atoms with van der Waals surface area (Å²) in [6.07, 6.45) is 2.36. The monoisotopic (exact) mass is 260 g/mol. The lowest BCUT2D eigenvalue weighted by Crippen LogP contribution is -2.15. The maximum Gasteiger partial charge on any atom is 0.166 e. The van der Waals surface area contributed by atoms with Gasteiger partial charge in [-0.05, 0) is 31.0 Å². The maximum atomic E-state index is 12.1. The number of halogens is 1. The lowest BCUT2D eigenvalue weighted by atomic mass is 9.91. The number of carbonyl (C=O) groups excluding carboxylic acids is 1. The van der Waals surface area contributed by atoms with E-state index in [1.165, 1.54) is 0 Å². The van der Waals surface area contributed by atoms with Gasteiger partial charge in [-0.1, -0.05) is 11.6 Å². The molecular formula is C14H13ClN2O. The van der Waals surface area contributed by atoms with Crippen LogP contribution in [0.5, 0.6) is 0 Å². The number of fused-ring (bicyclic) bond motifs is 2. The summed E-state index contributed by atoms with van der Waals surface area (Å²) in [5.74, 6) is 0.185. The summed E-state index contributed by atoms with van der Waals surface area (Å²) in [6.45, 7) is 0. The Morgan fingerprint density at radius 3 is 2.94 bits per heavy atom. The Bertz CT molecular complexity index is 652. The van der Waals surface area contributed by atoms with E-state index in [9.17, 15) is 4.79 Å². The Labute approximate surface area is 110 Å². The van der Waals surface area contributed by atoms with Crippen molar-refractivity contribution in [2.45, 2.75) is 19.3 Å². The second-order valence-corrected chi connectivity index (χ2v) is 4.93. The van der Waals surface area contributed by atoms with Crippen molar-refractivity contribution in [1.29, 1.82) is 0 Å². The molecule has 1 heterocycles. The van der Waals surface area contributed by atoms with Crippen LogP contribution in [0.4, 0.5) is 5.69 Å². The minimum atomic E-state index is 0.185. The topological polar surface area (TPSA) is 42.0 Å². The van der Waals surface area contributed by atoms with Crippen LogP contribution in [0.3, 0.4) is 0 Å². The number of ketones is 1. The molecule has 0 radical (unpaired) electrons. The zero-order chi connectivity index (χ0) is 12.7. The first kappa shape index (κ1) is 11.5. The molecule has 0 amide bonds. The zero-order valence-corrected chi connectivity index (χ0v) is 10.8. The van der Waals surface area contributed by atoms with Gasteiger partial charge in [-0.15, -0.1) is 0 Å². The van der Waals surface area contributed by atoms with Crippen LogP contribution in [0.1, 0.15) is 28.9 Å². The predicted octanol–water partition coefficient (Wildman–Crippen LogP) is 3.45. The van der Waals surface area contributed by atoms with Crippen molar-refractivity contribution in [3.8, 4) is 0 Å². The average Bonchev–Trinajstić information content (AvgIpc) is 2.36. The maximum absolute atomic E-state index is 12.1. The van der Waals surface area contributed by atoms with E-state index in [2.05, 4.69) is 10.3 Å². The number of hydrogen-bond acceptors (Lipinski definition) is 3. The van der Waals surface area contributed by atoms with Crippen molar-refractivity contribution in [2.75, 3.05) is 12.4 Å². The third-order valence-corrected chi connectivity index (χ3v) is 3.60. The van der Waals surface area contributed by atoms with Crippen molar-refractivity contribution in [1.82, 2.24) is 4.98 Å². The van der Waals surface area contributed by atoms with Gasteiger partial charge in [-0.2, -0.15) is 0 Å². The normalized spacial score (nSPS) is 14.7. The summed E-state index contributed by atoms with van der Waals surface area (Å²) in [5.41, 5.74) is 3.39. The fraction of sp³-hybridized carbons (Fsp3) is 0.286. The number of anilines is 1. The molecule has 0 unspecified atom stereocenters. The highest BCUT2D eigenvalue weighted by Crippen LogP contribution is 2.33. The molecule has 3 nitrogen and oxygen atoms in total. The molecule has 2 aromatic rings. The van der Waals surface area contributed by atoms with Crippen LogP contribution in [0.15, 0.2) is 18.2 Å². The van der Waals surface area contributed by atoms with Gasteiger partial charge in [-0.3, -0.25) is 9.78 Å². The second-order valence-electron chi connectivity index (χ2n) is 4.50. The van der Waals surface area contributed by atoms with Crippen LogP contribution in [0.2, 0.25) is 5.02 Å². The number of aryl methyl sites for hydroxylation is 1. The van der Waals surface area contributed by atoms with Crippen LogP contribution in [0, 0.1) is 0 Å². The van der Waals surface area contributed by atoms with Gasteiger partial charge in [0.05, 0.1) is 22.5 Å². The number of Topliss-reactive ketones (excluding diaryl/α,β-unsaturated/α-hetero) is 1. The van der Waals surface area contributed by atoms with E-state index >= 15 is 0 Å².